The summed E-state index contributed by atoms with van der Waals surface area (Å²) in [4.78, 5) is 58.5. The monoisotopic (exact) mass is 878 g/mol. The molecule has 2 aliphatic rings. The number of hydrogen-bond donors (Lipinski definition) is 5. The van der Waals surface area contributed by atoms with Crippen LogP contribution in [0.4, 0.5) is 5.69 Å². The number of esters is 1. The molecule has 3 aromatic carbocycles. The second-order valence-electron chi connectivity index (χ2n) is 15.5. The van der Waals surface area contributed by atoms with Gasteiger partial charge in [-0.25, -0.2) is 4.98 Å². The topological polar surface area (TPSA) is 224 Å². The largest absolute Gasteiger partial charge is 0.507 e. The Kier molecular flexibility index (Phi) is 12.0. The van der Waals surface area contributed by atoms with Crippen LogP contribution < -0.4 is 26.1 Å². The lowest BCUT2D eigenvalue weighted by Gasteiger charge is -2.38. The van der Waals surface area contributed by atoms with Crippen LogP contribution in [0.5, 0.6) is 11.5 Å². The van der Waals surface area contributed by atoms with E-state index in [1.165, 1.54) is 65.4 Å². The molecule has 0 radical (unpaired) electrons. The minimum absolute atomic E-state index is 0.0237. The van der Waals surface area contributed by atoms with Crippen LogP contribution in [0.2, 0.25) is 0 Å². The van der Waals surface area contributed by atoms with Crippen molar-refractivity contribution in [2.24, 2.45) is 23.7 Å². The summed E-state index contributed by atoms with van der Waals surface area (Å²) >= 11 is 3.28. The molecule has 3 heterocycles. The van der Waals surface area contributed by atoms with Gasteiger partial charge in [0.25, 0.3) is 5.91 Å². The van der Waals surface area contributed by atoms with Crippen LogP contribution in [0.3, 0.4) is 0 Å². The number of fused-ring (bicyclic) bond motifs is 2. The summed E-state index contributed by atoms with van der Waals surface area (Å²) in [7, 11) is 1.43. The van der Waals surface area contributed by atoms with E-state index in [4.69, 9.17) is 23.4 Å². The van der Waals surface area contributed by atoms with Crippen LogP contribution in [-0.2, 0) is 23.8 Å². The van der Waals surface area contributed by atoms with E-state index >= 15 is 0 Å². The van der Waals surface area contributed by atoms with Gasteiger partial charge in [-0.1, -0.05) is 61.9 Å². The highest BCUT2D eigenvalue weighted by molar-refractivity contribution is 9.10. The number of hydrogen-bond acceptors (Lipinski definition) is 14. The van der Waals surface area contributed by atoms with E-state index in [1.54, 1.807) is 39.8 Å². The number of phenols is 1. The molecule has 2 aliphatic heterocycles. The molecule has 15 nitrogen and oxygen atoms in total. The molecule has 0 fully saturated rings. The van der Waals surface area contributed by atoms with Crippen LogP contribution in [0, 0.1) is 30.6 Å². The van der Waals surface area contributed by atoms with Crippen molar-refractivity contribution >= 4 is 72.2 Å². The van der Waals surface area contributed by atoms with Gasteiger partial charge in [0, 0.05) is 71.7 Å². The Morgan fingerprint density at radius 3 is 2.32 bits per heavy atom. The summed E-state index contributed by atoms with van der Waals surface area (Å²) in [6.07, 6.45) is 3.49. The standard InChI is InChI=1S/C43H47BrN2O13/c1-17-11-10-12-18(2)42(54)46-33-37(52)29-28(32-40(33)58-27-16-24(44)15-25(48)31(27)45-32)30-39(22(6)36(29)51)59-43(8,41(30)53)56-14-13-26(55-9)19(3)38(57-23(7)47)21(5)35(50)20(4)34(17)49/h10-17,19-21,26,34-35,38,49-51,53H,1-9H3,(H,46,54)/b11-10+,14-13+,18-12-/t17-,19+,20+,21+,26-,34-,35+,38+,43-/m0/s1. The second-order valence-corrected chi connectivity index (χ2v) is 16.4. The van der Waals surface area contributed by atoms with E-state index in [9.17, 15) is 39.6 Å². The first kappa shape index (κ1) is 43.3. The molecule has 4 bridgehead atoms. The molecule has 59 heavy (non-hydrogen) atoms. The van der Waals surface area contributed by atoms with Crippen molar-refractivity contribution in [3.63, 3.8) is 0 Å². The number of aromatic hydroxyl groups is 1. The van der Waals surface area contributed by atoms with Crippen LogP contribution in [0.15, 0.2) is 66.8 Å². The zero-order valence-corrected chi connectivity index (χ0v) is 35.5. The Labute approximate surface area is 346 Å². The number of aliphatic hydroxyl groups excluding tert-OH is 3. The molecular formula is C43H47BrN2O13. The maximum atomic E-state index is 14.5. The molecule has 16 heteroatoms. The van der Waals surface area contributed by atoms with Gasteiger partial charge in [-0.05, 0) is 26.0 Å². The number of carbonyl (C=O) groups is 2. The van der Waals surface area contributed by atoms with Gasteiger partial charge in [0.05, 0.1) is 35.2 Å². The zero-order chi connectivity index (χ0) is 43.4. The number of halogens is 1. The van der Waals surface area contributed by atoms with Gasteiger partial charge in [-0.2, -0.15) is 0 Å². The lowest BCUT2D eigenvalue weighted by atomic mass is 9.78. The fourth-order valence-electron chi connectivity index (χ4n) is 7.86. The highest BCUT2D eigenvalue weighted by Gasteiger charge is 2.44. The highest BCUT2D eigenvalue weighted by atomic mass is 79.9. The summed E-state index contributed by atoms with van der Waals surface area (Å²) in [5.41, 5.74) is -2.22. The number of rotatable bonds is 2. The number of carbonyl (C=O) groups excluding carboxylic acids is 2. The van der Waals surface area contributed by atoms with Gasteiger partial charge >= 0.3 is 11.8 Å². The average Bonchev–Trinajstić information content (AvgIpc) is 3.45. The molecule has 0 unspecified atom stereocenters. The maximum Gasteiger partial charge on any atom is 0.307 e. The van der Waals surface area contributed by atoms with Crippen LogP contribution in [0.25, 0.3) is 38.7 Å². The quantitative estimate of drug-likeness (QED) is 0.0977. The Balaban J connectivity index is 1.64. The molecular weight excluding hydrogens is 832 g/mol. The van der Waals surface area contributed by atoms with E-state index in [0.717, 1.165) is 0 Å². The molecule has 6 rings (SSSR count). The molecule has 1 aromatic heterocycles. The zero-order valence-electron chi connectivity index (χ0n) is 33.9. The van der Waals surface area contributed by atoms with Gasteiger partial charge < -0.3 is 49.1 Å². The Bertz CT molecular complexity index is 2650. The van der Waals surface area contributed by atoms with Crippen LogP contribution >= 0.6 is 15.9 Å². The number of phenolic OH excluding ortho intramolecular Hbond substituents is 1. The van der Waals surface area contributed by atoms with Gasteiger partial charge in [-0.15, -0.1) is 0 Å². The fourth-order valence-corrected chi connectivity index (χ4v) is 8.27. The predicted octanol–water partition coefficient (Wildman–Crippen LogP) is 5.32. The van der Waals surface area contributed by atoms with Gasteiger partial charge in [0.1, 0.15) is 28.8 Å². The Morgan fingerprint density at radius 2 is 1.66 bits per heavy atom. The smallest absolute Gasteiger partial charge is 0.307 e. The maximum absolute atomic E-state index is 14.5. The number of ether oxygens (including phenoxy) is 4. The van der Waals surface area contributed by atoms with Crippen molar-refractivity contribution < 1.29 is 53.4 Å². The number of nitrogens with zero attached hydrogens (tertiary/aromatic N) is 1. The molecule has 0 aliphatic carbocycles. The predicted molar refractivity (Wildman–Crippen MR) is 223 cm³/mol. The number of aliphatic hydroxyl groups is 3. The molecule has 5 N–H and O–H groups in total. The first-order valence-electron chi connectivity index (χ1n) is 19.0. The highest BCUT2D eigenvalue weighted by Crippen LogP contribution is 2.42. The normalized spacial score (nSPS) is 30.1. The van der Waals surface area contributed by atoms with Crippen molar-refractivity contribution in [1.82, 2.24) is 4.98 Å². The van der Waals surface area contributed by atoms with E-state index in [2.05, 4.69) is 26.2 Å². The summed E-state index contributed by atoms with van der Waals surface area (Å²) in [6, 6.07) is 2.74. The van der Waals surface area contributed by atoms with Crippen molar-refractivity contribution in [3.8, 4) is 11.5 Å². The van der Waals surface area contributed by atoms with Gasteiger partial charge in [0.2, 0.25) is 10.9 Å². The minimum Gasteiger partial charge on any atom is -0.507 e. The van der Waals surface area contributed by atoms with Crippen molar-refractivity contribution in [3.05, 3.63) is 84.0 Å². The van der Waals surface area contributed by atoms with Gasteiger partial charge in [0.15, 0.2) is 22.4 Å². The number of benzene rings is 3. The molecule has 1 amide bonds. The van der Waals surface area contributed by atoms with Crippen LogP contribution in [0.1, 0.15) is 54.0 Å². The first-order chi connectivity index (χ1) is 27.7. The molecule has 4 aromatic rings. The van der Waals surface area contributed by atoms with E-state index in [-0.39, 0.29) is 55.1 Å². The molecule has 314 valence electrons. The third-order valence-corrected chi connectivity index (χ3v) is 11.9. The van der Waals surface area contributed by atoms with E-state index in [0.29, 0.717) is 4.47 Å². The molecule has 0 saturated heterocycles. The minimum atomic E-state index is -1.97. The third kappa shape index (κ3) is 7.70. The lowest BCUT2D eigenvalue weighted by Crippen LogP contribution is -2.46. The number of methoxy groups -OCH3 is 1. The summed E-state index contributed by atoms with van der Waals surface area (Å²) in [5, 5.41) is 48.6. The second kappa shape index (κ2) is 16.4. The summed E-state index contributed by atoms with van der Waals surface area (Å²) in [5.74, 6) is -6.94. The number of amides is 1. The van der Waals surface area contributed by atoms with E-state index in [1.807, 2.05) is 0 Å². The summed E-state index contributed by atoms with van der Waals surface area (Å²) < 4.78 is 30.3. The number of allylic oxidation sites excluding steroid dienone is 2. The van der Waals surface area contributed by atoms with E-state index < -0.39 is 93.8 Å². The number of nitrogens with one attached hydrogen (secondary N) is 1. The average molecular weight is 880 g/mol. The van der Waals surface area contributed by atoms with Crippen molar-refractivity contribution in [2.75, 3.05) is 12.4 Å². The van der Waals surface area contributed by atoms with Crippen LogP contribution in [-0.4, -0.2) is 74.6 Å². The number of aromatic nitrogens is 1. The lowest BCUT2D eigenvalue weighted by molar-refractivity contribution is -0.160. The van der Waals surface area contributed by atoms with Gasteiger partial charge in [-0.3, -0.25) is 19.2 Å². The third-order valence-electron chi connectivity index (χ3n) is 11.4. The Morgan fingerprint density at radius 1 is 0.966 bits per heavy atom. The fraction of sp³-hybridized carbons (Fsp3) is 0.419. The SMILES string of the molecule is CO[C@H]1/C=C/O[C@@]2(C)Oc3c(C)c(O)c4c(=O)c(c5oc6cc(Br)cc(=O)c6nc5c4c3=C2O)NC(=O)/C(C)=C\C=C\[C@H](C)[C@H](O)[C@@H](C)[C@@H](O)[C@@H](C)[C@H](OC(C)=O)[C@@H]1C. The summed E-state index contributed by atoms with van der Waals surface area (Å²) in [6.45, 7) is 12.5. The Hall–Kier alpha value is -5.29. The first-order valence-corrected chi connectivity index (χ1v) is 19.8. The molecule has 0 spiro atoms. The number of anilines is 1. The van der Waals surface area contributed by atoms with Crippen molar-refractivity contribution in [2.45, 2.75) is 85.6 Å². The van der Waals surface area contributed by atoms with Crippen molar-refractivity contribution in [1.29, 1.82) is 0 Å². The molecule has 9 atom stereocenters. The molecule has 0 saturated carbocycles.